The molecule has 10 heteroatoms. The van der Waals surface area contributed by atoms with E-state index in [2.05, 4.69) is 10.3 Å². The van der Waals surface area contributed by atoms with Crippen LogP contribution >= 0.6 is 23.1 Å². The minimum Gasteiger partial charge on any atom is -0.329 e. The van der Waals surface area contributed by atoms with Gasteiger partial charge in [0.15, 0.2) is 5.16 Å². The first-order chi connectivity index (χ1) is 12.2. The smallest absolute Gasteiger partial charge is 0.266 e. The fourth-order valence-corrected chi connectivity index (χ4v) is 4.83. The Bertz CT molecular complexity index is 1050. The molecule has 1 aromatic carbocycles. The van der Waals surface area contributed by atoms with E-state index in [-0.39, 0.29) is 10.1 Å². The van der Waals surface area contributed by atoms with Crippen LogP contribution in [0.25, 0.3) is 0 Å². The minimum atomic E-state index is -3.82. The highest BCUT2D eigenvalue weighted by Crippen LogP contribution is 2.28. The Morgan fingerprint density at radius 2 is 2.00 bits per heavy atom. The lowest BCUT2D eigenvalue weighted by Gasteiger charge is -2.06. The number of hydrogen-bond acceptors (Lipinski definition) is 6. The van der Waals surface area contributed by atoms with Gasteiger partial charge in [0.2, 0.25) is 10.0 Å². The first-order valence-electron chi connectivity index (χ1n) is 7.44. The molecule has 136 valence electrons. The van der Waals surface area contributed by atoms with Crippen LogP contribution in [0.4, 0.5) is 5.69 Å². The molecule has 0 bridgehead atoms. The second kappa shape index (κ2) is 7.23. The molecule has 0 unspecified atom stereocenters. The van der Waals surface area contributed by atoms with Crippen LogP contribution in [0.15, 0.2) is 57.0 Å². The zero-order valence-corrected chi connectivity index (χ0v) is 16.4. The van der Waals surface area contributed by atoms with Crippen LogP contribution in [0.5, 0.6) is 0 Å². The van der Waals surface area contributed by atoms with E-state index in [4.69, 9.17) is 5.14 Å². The van der Waals surface area contributed by atoms with Gasteiger partial charge in [-0.15, -0.1) is 11.3 Å². The Balaban J connectivity index is 1.72. The molecule has 0 saturated heterocycles. The van der Waals surface area contributed by atoms with Crippen molar-refractivity contribution in [2.45, 2.75) is 21.2 Å². The molecule has 3 aromatic rings. The number of primary sulfonamides is 1. The number of carbonyl (C=O) groups is 1. The molecule has 0 saturated carbocycles. The normalized spacial score (nSPS) is 11.5. The molecule has 2 heterocycles. The van der Waals surface area contributed by atoms with Gasteiger partial charge in [0.1, 0.15) is 4.21 Å². The van der Waals surface area contributed by atoms with Gasteiger partial charge in [0.25, 0.3) is 5.91 Å². The lowest BCUT2D eigenvalue weighted by atomic mass is 10.2. The van der Waals surface area contributed by atoms with E-state index in [1.165, 1.54) is 17.8 Å². The quantitative estimate of drug-likeness (QED) is 0.675. The number of hydrogen-bond donors (Lipinski definition) is 2. The van der Waals surface area contributed by atoms with Gasteiger partial charge < -0.3 is 9.88 Å². The van der Waals surface area contributed by atoms with E-state index < -0.39 is 10.0 Å². The number of nitrogens with one attached hydrogen (secondary N) is 1. The summed E-state index contributed by atoms with van der Waals surface area (Å²) in [5, 5.41) is 8.75. The molecule has 0 aliphatic heterocycles. The van der Waals surface area contributed by atoms with Crippen molar-refractivity contribution in [3.05, 3.63) is 53.2 Å². The Labute approximate surface area is 159 Å². The number of rotatable bonds is 5. The molecule has 0 aliphatic rings. The first-order valence-corrected chi connectivity index (χ1v) is 10.6. The number of carbonyl (C=O) groups excluding carboxylic acids is 1. The molecule has 2 aromatic heterocycles. The van der Waals surface area contributed by atoms with Crippen LogP contribution in [-0.4, -0.2) is 23.9 Å². The van der Waals surface area contributed by atoms with Crippen molar-refractivity contribution in [3.8, 4) is 0 Å². The van der Waals surface area contributed by atoms with Gasteiger partial charge in [-0.2, -0.15) is 0 Å². The number of nitrogens with two attached hydrogens (primary N) is 1. The Morgan fingerprint density at radius 1 is 1.31 bits per heavy atom. The van der Waals surface area contributed by atoms with Crippen molar-refractivity contribution in [2.75, 3.05) is 5.32 Å². The number of benzene rings is 1. The average molecular weight is 409 g/mol. The highest BCUT2D eigenvalue weighted by molar-refractivity contribution is 7.99. The molecular formula is C16H16N4O3S3. The summed E-state index contributed by atoms with van der Waals surface area (Å²) in [6.07, 6.45) is 3.60. The molecular weight excluding hydrogens is 392 g/mol. The molecule has 3 rings (SSSR count). The standard InChI is InChI=1S/C16H16N4O3S3/c1-10-9-13(26(17,22)23)25-14(10)15(21)19-11-3-5-12(6-4-11)24-16-18-7-8-20(16)2/h3-9H,1-2H3,(H,19,21)(H2,17,22,23). The lowest BCUT2D eigenvalue weighted by molar-refractivity contribution is 0.103. The third-order valence-electron chi connectivity index (χ3n) is 3.48. The van der Waals surface area contributed by atoms with Crippen LogP contribution in [-0.2, 0) is 17.1 Å². The van der Waals surface area contributed by atoms with Crippen molar-refractivity contribution < 1.29 is 13.2 Å². The zero-order chi connectivity index (χ0) is 18.9. The fourth-order valence-electron chi connectivity index (χ4n) is 2.17. The Hall–Kier alpha value is -2.14. The monoisotopic (exact) mass is 408 g/mol. The largest absolute Gasteiger partial charge is 0.329 e. The number of aromatic nitrogens is 2. The number of amides is 1. The summed E-state index contributed by atoms with van der Waals surface area (Å²) in [6, 6.07) is 8.74. The van der Waals surface area contributed by atoms with Crippen LogP contribution in [0.2, 0.25) is 0 Å². The van der Waals surface area contributed by atoms with Crippen molar-refractivity contribution in [2.24, 2.45) is 12.2 Å². The summed E-state index contributed by atoms with van der Waals surface area (Å²) in [7, 11) is -1.90. The van der Waals surface area contributed by atoms with E-state index in [1.807, 2.05) is 29.9 Å². The number of thiophene rings is 1. The fraction of sp³-hybridized carbons (Fsp3) is 0.125. The van der Waals surface area contributed by atoms with Crippen molar-refractivity contribution >= 4 is 44.7 Å². The molecule has 0 atom stereocenters. The Kier molecular flexibility index (Phi) is 5.19. The molecule has 0 aliphatic carbocycles. The molecule has 0 radical (unpaired) electrons. The molecule has 1 amide bonds. The van der Waals surface area contributed by atoms with Gasteiger partial charge >= 0.3 is 0 Å². The van der Waals surface area contributed by atoms with Crippen LogP contribution in [0.3, 0.4) is 0 Å². The van der Waals surface area contributed by atoms with E-state index in [9.17, 15) is 13.2 Å². The lowest BCUT2D eigenvalue weighted by Crippen LogP contribution is -2.11. The third-order valence-corrected chi connectivity index (χ3v) is 7.22. The van der Waals surface area contributed by atoms with E-state index in [0.717, 1.165) is 21.4 Å². The second-order valence-corrected chi connectivity index (χ2v) is 9.41. The summed E-state index contributed by atoms with van der Waals surface area (Å²) < 4.78 is 24.7. The first kappa shape index (κ1) is 18.6. The van der Waals surface area contributed by atoms with Crippen LogP contribution < -0.4 is 10.5 Å². The third kappa shape index (κ3) is 4.15. The predicted octanol–water partition coefficient (Wildman–Crippen LogP) is 2.84. The van der Waals surface area contributed by atoms with E-state index >= 15 is 0 Å². The van der Waals surface area contributed by atoms with Crippen molar-refractivity contribution in [3.63, 3.8) is 0 Å². The molecule has 0 fully saturated rings. The number of aryl methyl sites for hydroxylation is 2. The molecule has 7 nitrogen and oxygen atoms in total. The molecule has 3 N–H and O–H groups in total. The number of nitrogens with zero attached hydrogens (tertiary/aromatic N) is 2. The van der Waals surface area contributed by atoms with Crippen LogP contribution in [0, 0.1) is 6.92 Å². The van der Waals surface area contributed by atoms with Gasteiger partial charge in [0.05, 0.1) is 4.88 Å². The number of anilines is 1. The molecule has 0 spiro atoms. The van der Waals surface area contributed by atoms with Gasteiger partial charge in [-0.1, -0.05) is 11.8 Å². The predicted molar refractivity (Wildman–Crippen MR) is 102 cm³/mol. The summed E-state index contributed by atoms with van der Waals surface area (Å²) in [6.45, 7) is 1.67. The summed E-state index contributed by atoms with van der Waals surface area (Å²) in [4.78, 5) is 18.0. The van der Waals surface area contributed by atoms with Gasteiger partial charge in [-0.3, -0.25) is 4.79 Å². The second-order valence-electron chi connectivity index (χ2n) is 5.52. The maximum Gasteiger partial charge on any atom is 0.266 e. The van der Waals surface area contributed by atoms with Gasteiger partial charge in [-0.25, -0.2) is 18.5 Å². The van der Waals surface area contributed by atoms with Crippen molar-refractivity contribution in [1.29, 1.82) is 0 Å². The van der Waals surface area contributed by atoms with Gasteiger partial charge in [-0.05, 0) is 42.8 Å². The molecule has 26 heavy (non-hydrogen) atoms. The topological polar surface area (TPSA) is 107 Å². The van der Waals surface area contributed by atoms with Gasteiger partial charge in [0, 0.05) is 30.0 Å². The van der Waals surface area contributed by atoms with Crippen LogP contribution in [0.1, 0.15) is 15.2 Å². The maximum absolute atomic E-state index is 12.4. The van der Waals surface area contributed by atoms with E-state index in [1.54, 1.807) is 25.3 Å². The van der Waals surface area contributed by atoms with E-state index in [0.29, 0.717) is 16.1 Å². The SMILES string of the molecule is Cc1cc(S(N)(=O)=O)sc1C(=O)Nc1ccc(Sc2nccn2C)cc1. The van der Waals surface area contributed by atoms with Crippen molar-refractivity contribution in [1.82, 2.24) is 9.55 Å². The minimum absolute atomic E-state index is 0.0260. The summed E-state index contributed by atoms with van der Waals surface area (Å²) >= 11 is 2.38. The number of sulfonamides is 1. The summed E-state index contributed by atoms with van der Waals surface area (Å²) in [5.74, 6) is -0.369. The Morgan fingerprint density at radius 3 is 2.54 bits per heavy atom. The highest BCUT2D eigenvalue weighted by atomic mass is 32.2. The highest BCUT2D eigenvalue weighted by Gasteiger charge is 2.19. The maximum atomic E-state index is 12.4. The summed E-state index contributed by atoms with van der Waals surface area (Å²) in [5.41, 5.74) is 1.18. The zero-order valence-electron chi connectivity index (χ0n) is 14.0. The number of imidazole rings is 1. The average Bonchev–Trinajstić information content (AvgIpc) is 3.15.